The lowest BCUT2D eigenvalue weighted by molar-refractivity contribution is 0.197. The van der Waals surface area contributed by atoms with Gasteiger partial charge in [-0.25, -0.2) is 4.79 Å². The minimum absolute atomic E-state index is 0.00705. The predicted octanol–water partition coefficient (Wildman–Crippen LogP) is 2.67. The fraction of sp³-hybridized carbons (Fsp3) is 0.278. The Kier molecular flexibility index (Phi) is 4.39. The zero-order chi connectivity index (χ0) is 15.4. The van der Waals surface area contributed by atoms with Gasteiger partial charge in [0.2, 0.25) is 0 Å². The Hall–Kier alpha value is -2.33. The smallest absolute Gasteiger partial charge is 0.318 e. The Bertz CT molecular complexity index is 617. The van der Waals surface area contributed by atoms with Crippen LogP contribution < -0.4 is 10.6 Å². The number of amides is 2. The average Bonchev–Trinajstić information content (AvgIpc) is 3.00. The minimum Gasteiger partial charge on any atom is -0.336 e. The van der Waals surface area contributed by atoms with Crippen LogP contribution in [0.15, 0.2) is 54.6 Å². The van der Waals surface area contributed by atoms with E-state index in [4.69, 9.17) is 0 Å². The number of urea groups is 1. The lowest BCUT2D eigenvalue weighted by Crippen LogP contribution is -2.40. The summed E-state index contributed by atoms with van der Waals surface area (Å²) in [4.78, 5) is 14.2. The summed E-state index contributed by atoms with van der Waals surface area (Å²) in [6.07, 6.45) is 0. The normalized spacial score (nSPS) is 14.5. The maximum absolute atomic E-state index is 12.4. The molecule has 0 fully saturated rings. The molecule has 2 aromatic carbocycles. The predicted molar refractivity (Wildman–Crippen MR) is 87.3 cm³/mol. The Labute approximate surface area is 131 Å². The van der Waals surface area contributed by atoms with Crippen molar-refractivity contribution in [3.8, 4) is 0 Å². The van der Waals surface area contributed by atoms with Crippen LogP contribution >= 0.6 is 0 Å². The van der Waals surface area contributed by atoms with E-state index in [1.54, 1.807) is 0 Å². The molecule has 0 saturated heterocycles. The summed E-state index contributed by atoms with van der Waals surface area (Å²) in [5.74, 6) is 0. The van der Waals surface area contributed by atoms with Gasteiger partial charge in [-0.15, -0.1) is 0 Å². The van der Waals surface area contributed by atoms with E-state index in [9.17, 15) is 4.79 Å². The van der Waals surface area contributed by atoms with E-state index in [0.29, 0.717) is 19.6 Å². The number of carbonyl (C=O) groups excluding carboxylic acids is 1. The molecule has 2 aromatic rings. The third kappa shape index (κ3) is 3.12. The van der Waals surface area contributed by atoms with Crippen LogP contribution in [0.1, 0.15) is 22.7 Å². The molecule has 114 valence electrons. The number of nitrogens with zero attached hydrogens (tertiary/aromatic N) is 1. The maximum atomic E-state index is 12.4. The minimum atomic E-state index is -0.00705. The SMILES string of the molecule is CNC(CNC(=O)N1Cc2ccccc2C1)c1ccccc1. The second-order valence-corrected chi connectivity index (χ2v) is 5.56. The third-order valence-electron chi connectivity index (χ3n) is 4.14. The van der Waals surface area contributed by atoms with Crippen molar-refractivity contribution in [3.05, 3.63) is 71.3 Å². The summed E-state index contributed by atoms with van der Waals surface area (Å²) in [5, 5.41) is 6.28. The molecule has 2 amide bonds. The number of hydrogen-bond donors (Lipinski definition) is 2. The van der Waals surface area contributed by atoms with Crippen LogP contribution in [0.4, 0.5) is 4.79 Å². The van der Waals surface area contributed by atoms with E-state index in [-0.39, 0.29) is 12.1 Å². The first-order valence-corrected chi connectivity index (χ1v) is 7.59. The summed E-state index contributed by atoms with van der Waals surface area (Å²) in [6, 6.07) is 18.5. The molecule has 4 heteroatoms. The molecular weight excluding hydrogens is 274 g/mol. The topological polar surface area (TPSA) is 44.4 Å². The van der Waals surface area contributed by atoms with Gasteiger partial charge in [0, 0.05) is 25.7 Å². The largest absolute Gasteiger partial charge is 0.336 e. The Morgan fingerprint density at radius 1 is 1.05 bits per heavy atom. The second-order valence-electron chi connectivity index (χ2n) is 5.56. The summed E-state index contributed by atoms with van der Waals surface area (Å²) >= 11 is 0. The average molecular weight is 295 g/mol. The van der Waals surface area contributed by atoms with Crippen LogP contribution in [-0.4, -0.2) is 24.5 Å². The molecule has 1 atom stereocenters. The van der Waals surface area contributed by atoms with Crippen LogP contribution in [0.3, 0.4) is 0 Å². The molecule has 4 nitrogen and oxygen atoms in total. The van der Waals surface area contributed by atoms with Gasteiger partial charge < -0.3 is 15.5 Å². The third-order valence-corrected chi connectivity index (χ3v) is 4.14. The van der Waals surface area contributed by atoms with Crippen LogP contribution in [0, 0.1) is 0 Å². The van der Waals surface area contributed by atoms with Gasteiger partial charge in [0.25, 0.3) is 0 Å². The quantitative estimate of drug-likeness (QED) is 0.911. The monoisotopic (exact) mass is 295 g/mol. The summed E-state index contributed by atoms with van der Waals surface area (Å²) in [5.41, 5.74) is 3.66. The Morgan fingerprint density at radius 3 is 2.23 bits per heavy atom. The van der Waals surface area contributed by atoms with E-state index in [1.165, 1.54) is 16.7 Å². The van der Waals surface area contributed by atoms with Crippen molar-refractivity contribution in [1.29, 1.82) is 0 Å². The summed E-state index contributed by atoms with van der Waals surface area (Å²) in [6.45, 7) is 1.96. The molecule has 0 saturated carbocycles. The highest BCUT2D eigenvalue weighted by molar-refractivity contribution is 5.75. The van der Waals surface area contributed by atoms with Gasteiger partial charge in [0.05, 0.1) is 0 Å². The van der Waals surface area contributed by atoms with Crippen LogP contribution in [0.2, 0.25) is 0 Å². The molecular formula is C18H21N3O. The molecule has 1 aliphatic rings. The van der Waals surface area contributed by atoms with Crippen molar-refractivity contribution in [2.75, 3.05) is 13.6 Å². The molecule has 3 rings (SSSR count). The van der Waals surface area contributed by atoms with Crippen LogP contribution in [0.5, 0.6) is 0 Å². The van der Waals surface area contributed by atoms with Gasteiger partial charge in [0.15, 0.2) is 0 Å². The lowest BCUT2D eigenvalue weighted by atomic mass is 10.1. The number of nitrogens with one attached hydrogen (secondary N) is 2. The van der Waals surface area contributed by atoms with Gasteiger partial charge in [-0.05, 0) is 23.7 Å². The van der Waals surface area contributed by atoms with Crippen molar-refractivity contribution in [3.63, 3.8) is 0 Å². The number of carbonyl (C=O) groups is 1. The molecule has 0 bridgehead atoms. The second kappa shape index (κ2) is 6.62. The Morgan fingerprint density at radius 2 is 1.64 bits per heavy atom. The highest BCUT2D eigenvalue weighted by Gasteiger charge is 2.23. The fourth-order valence-electron chi connectivity index (χ4n) is 2.85. The van der Waals surface area contributed by atoms with E-state index in [1.807, 2.05) is 42.3 Å². The molecule has 0 radical (unpaired) electrons. The number of benzene rings is 2. The van der Waals surface area contributed by atoms with E-state index >= 15 is 0 Å². The zero-order valence-electron chi connectivity index (χ0n) is 12.8. The molecule has 1 unspecified atom stereocenters. The lowest BCUT2D eigenvalue weighted by Gasteiger charge is -2.21. The van der Waals surface area contributed by atoms with Crippen molar-refractivity contribution in [1.82, 2.24) is 15.5 Å². The highest BCUT2D eigenvalue weighted by Crippen LogP contribution is 2.22. The standard InChI is InChI=1S/C18H21N3O/c1-19-17(14-7-3-2-4-8-14)11-20-18(22)21-12-15-9-5-6-10-16(15)13-21/h2-10,17,19H,11-13H2,1H3,(H,20,22). The number of hydrogen-bond acceptors (Lipinski definition) is 2. The molecule has 0 aliphatic carbocycles. The fourth-order valence-corrected chi connectivity index (χ4v) is 2.85. The first kappa shape index (κ1) is 14.6. The van der Waals surface area contributed by atoms with Gasteiger partial charge >= 0.3 is 6.03 Å². The van der Waals surface area contributed by atoms with Gasteiger partial charge in [-0.1, -0.05) is 54.6 Å². The first-order valence-electron chi connectivity index (χ1n) is 7.59. The molecule has 22 heavy (non-hydrogen) atoms. The summed E-state index contributed by atoms with van der Waals surface area (Å²) in [7, 11) is 1.91. The molecule has 2 N–H and O–H groups in total. The zero-order valence-corrected chi connectivity index (χ0v) is 12.8. The van der Waals surface area contributed by atoms with Crippen molar-refractivity contribution >= 4 is 6.03 Å². The van der Waals surface area contributed by atoms with E-state index < -0.39 is 0 Å². The maximum Gasteiger partial charge on any atom is 0.318 e. The van der Waals surface area contributed by atoms with Crippen LogP contribution in [-0.2, 0) is 13.1 Å². The molecule has 0 spiro atoms. The number of rotatable bonds is 4. The van der Waals surface area contributed by atoms with E-state index in [0.717, 1.165) is 0 Å². The summed E-state index contributed by atoms with van der Waals surface area (Å²) < 4.78 is 0. The van der Waals surface area contributed by atoms with Crippen molar-refractivity contribution in [2.45, 2.75) is 19.1 Å². The van der Waals surface area contributed by atoms with Gasteiger partial charge in [0.1, 0.15) is 0 Å². The Balaban J connectivity index is 1.57. The van der Waals surface area contributed by atoms with Crippen molar-refractivity contribution < 1.29 is 4.79 Å². The molecule has 1 aliphatic heterocycles. The van der Waals surface area contributed by atoms with Gasteiger partial charge in [-0.2, -0.15) is 0 Å². The molecule has 0 aromatic heterocycles. The van der Waals surface area contributed by atoms with Crippen molar-refractivity contribution in [2.24, 2.45) is 0 Å². The van der Waals surface area contributed by atoms with Crippen LogP contribution in [0.25, 0.3) is 0 Å². The van der Waals surface area contributed by atoms with E-state index in [2.05, 4.69) is 34.9 Å². The number of fused-ring (bicyclic) bond motifs is 1. The first-order chi connectivity index (χ1) is 10.8. The highest BCUT2D eigenvalue weighted by atomic mass is 16.2. The molecule has 1 heterocycles. The van der Waals surface area contributed by atoms with Gasteiger partial charge in [-0.3, -0.25) is 0 Å². The number of likely N-dealkylation sites (N-methyl/N-ethyl adjacent to an activating group) is 1.